The first-order valence-electron chi connectivity index (χ1n) is 10.1. The molecule has 2 atom stereocenters. The van der Waals surface area contributed by atoms with Crippen molar-refractivity contribution in [3.05, 3.63) is 80.2 Å². The van der Waals surface area contributed by atoms with Crippen LogP contribution in [0.2, 0.25) is 0 Å². The minimum Gasteiger partial charge on any atom is -0.329 e. The number of azo groups is 1. The standard InChI is InChI=1S/C22H18FIN6O2/c1-12-10-29(11-19-26-28-22(24)30(12)19)21(32)16-8-13(6-7-17(16)23)9-18-14-4-2-3-5-15(14)20(31)27-25-18/h2-8,12,18H,9-11H2,1H3. The van der Waals surface area contributed by atoms with Crippen LogP contribution in [0.15, 0.2) is 52.7 Å². The third kappa shape index (κ3) is 3.61. The smallest absolute Gasteiger partial charge is 0.295 e. The SMILES string of the molecule is CC1CN(C(=O)c2cc(CC3N=NC(=O)c4ccccc43)ccc2F)Cc2nnc(I)n21. The molecule has 162 valence electrons. The van der Waals surface area contributed by atoms with Crippen LogP contribution in [0, 0.1) is 9.65 Å². The quantitative estimate of drug-likeness (QED) is 0.464. The molecule has 3 aromatic rings. The number of rotatable bonds is 3. The number of hydrogen-bond acceptors (Lipinski definition) is 5. The highest BCUT2D eigenvalue weighted by atomic mass is 127. The molecule has 5 rings (SSSR count). The second-order valence-corrected chi connectivity index (χ2v) is 8.90. The predicted molar refractivity (Wildman–Crippen MR) is 121 cm³/mol. The Morgan fingerprint density at radius 1 is 1.22 bits per heavy atom. The molecule has 0 fully saturated rings. The van der Waals surface area contributed by atoms with Gasteiger partial charge in [-0.05, 0) is 36.2 Å². The third-order valence-corrected chi connectivity index (χ3v) is 6.53. The molecule has 0 bridgehead atoms. The minimum atomic E-state index is -0.575. The van der Waals surface area contributed by atoms with Crippen molar-refractivity contribution in [2.75, 3.05) is 6.54 Å². The van der Waals surface area contributed by atoms with Crippen molar-refractivity contribution in [3.8, 4) is 0 Å². The van der Waals surface area contributed by atoms with Crippen molar-refractivity contribution in [1.29, 1.82) is 0 Å². The Bertz CT molecular complexity index is 1270. The maximum Gasteiger partial charge on any atom is 0.295 e. The van der Waals surface area contributed by atoms with Crippen molar-refractivity contribution in [2.24, 2.45) is 10.2 Å². The highest BCUT2D eigenvalue weighted by molar-refractivity contribution is 14.1. The van der Waals surface area contributed by atoms with Gasteiger partial charge in [-0.2, -0.15) is 5.11 Å². The van der Waals surface area contributed by atoms with Gasteiger partial charge in [0.15, 0.2) is 9.66 Å². The van der Waals surface area contributed by atoms with Crippen molar-refractivity contribution < 1.29 is 14.0 Å². The minimum absolute atomic E-state index is 0.00691. The maximum absolute atomic E-state index is 14.7. The fourth-order valence-electron chi connectivity index (χ4n) is 4.26. The van der Waals surface area contributed by atoms with Crippen molar-refractivity contribution >= 4 is 34.4 Å². The van der Waals surface area contributed by atoms with Gasteiger partial charge in [0.2, 0.25) is 0 Å². The first-order chi connectivity index (χ1) is 15.4. The molecule has 2 aromatic carbocycles. The maximum atomic E-state index is 14.7. The highest BCUT2D eigenvalue weighted by Crippen LogP contribution is 2.31. The molecular weight excluding hydrogens is 526 g/mol. The average Bonchev–Trinajstić information content (AvgIpc) is 3.18. The van der Waals surface area contributed by atoms with E-state index < -0.39 is 5.82 Å². The number of amides is 2. The lowest BCUT2D eigenvalue weighted by molar-refractivity contribution is 0.0675. The van der Waals surface area contributed by atoms with Crippen molar-refractivity contribution in [3.63, 3.8) is 0 Å². The van der Waals surface area contributed by atoms with E-state index in [0.717, 1.165) is 15.0 Å². The Kier molecular flexibility index (Phi) is 5.31. The third-order valence-electron chi connectivity index (χ3n) is 5.80. The lowest BCUT2D eigenvalue weighted by Crippen LogP contribution is -2.41. The summed E-state index contributed by atoms with van der Waals surface area (Å²) in [6.07, 6.45) is 0.400. The largest absolute Gasteiger partial charge is 0.329 e. The normalized spacial score (nSPS) is 19.6. The molecule has 0 saturated heterocycles. The molecule has 2 amide bonds. The summed E-state index contributed by atoms with van der Waals surface area (Å²) in [6, 6.07) is 11.3. The topological polar surface area (TPSA) is 92.8 Å². The molecule has 3 heterocycles. The molecule has 2 aliphatic heterocycles. The first-order valence-corrected chi connectivity index (χ1v) is 11.2. The number of hydrogen-bond donors (Lipinski definition) is 0. The Hall–Kier alpha value is -3.02. The Morgan fingerprint density at radius 3 is 2.88 bits per heavy atom. The van der Waals surface area contributed by atoms with Gasteiger partial charge in [-0.25, -0.2) is 4.39 Å². The van der Waals surface area contributed by atoms with Crippen LogP contribution in [0.25, 0.3) is 0 Å². The summed E-state index contributed by atoms with van der Waals surface area (Å²) in [5.41, 5.74) is 2.05. The van der Waals surface area contributed by atoms with Gasteiger partial charge in [-0.15, -0.1) is 15.3 Å². The van der Waals surface area contributed by atoms with Gasteiger partial charge in [0.25, 0.3) is 11.8 Å². The van der Waals surface area contributed by atoms with Crippen LogP contribution in [-0.4, -0.2) is 38.0 Å². The van der Waals surface area contributed by atoms with Gasteiger partial charge in [-0.1, -0.05) is 24.3 Å². The molecular formula is C22H18FIN6O2. The van der Waals surface area contributed by atoms with Crippen LogP contribution in [0.3, 0.4) is 0 Å². The first kappa shape index (κ1) is 20.9. The van der Waals surface area contributed by atoms with E-state index in [9.17, 15) is 14.0 Å². The molecule has 1 aromatic heterocycles. The molecule has 0 saturated carbocycles. The van der Waals surface area contributed by atoms with E-state index in [4.69, 9.17) is 0 Å². The predicted octanol–water partition coefficient (Wildman–Crippen LogP) is 4.13. The summed E-state index contributed by atoms with van der Waals surface area (Å²) in [6.45, 7) is 2.69. The summed E-state index contributed by atoms with van der Waals surface area (Å²) in [5.74, 6) is -0.648. The summed E-state index contributed by atoms with van der Waals surface area (Å²) >= 11 is 2.12. The van der Waals surface area contributed by atoms with Gasteiger partial charge in [-0.3, -0.25) is 9.59 Å². The Balaban J connectivity index is 1.41. The van der Waals surface area contributed by atoms with E-state index in [1.165, 1.54) is 6.07 Å². The van der Waals surface area contributed by atoms with E-state index in [0.29, 0.717) is 24.4 Å². The zero-order valence-electron chi connectivity index (χ0n) is 17.1. The Labute approximate surface area is 196 Å². The van der Waals surface area contributed by atoms with Crippen LogP contribution < -0.4 is 0 Å². The van der Waals surface area contributed by atoms with Gasteiger partial charge >= 0.3 is 0 Å². The number of halogens is 2. The van der Waals surface area contributed by atoms with Crippen molar-refractivity contribution in [2.45, 2.75) is 32.0 Å². The zero-order chi connectivity index (χ0) is 22.4. The van der Waals surface area contributed by atoms with Gasteiger partial charge in [0, 0.05) is 41.1 Å². The second-order valence-electron chi connectivity index (χ2n) is 7.93. The number of nitrogens with zero attached hydrogens (tertiary/aromatic N) is 6. The number of carbonyl (C=O) groups excluding carboxylic acids is 2. The van der Waals surface area contributed by atoms with E-state index in [1.807, 2.05) is 23.6 Å². The number of fused-ring (bicyclic) bond motifs is 2. The second kappa shape index (κ2) is 8.15. The van der Waals surface area contributed by atoms with Crippen molar-refractivity contribution in [1.82, 2.24) is 19.7 Å². The van der Waals surface area contributed by atoms with Crippen LogP contribution in [0.4, 0.5) is 4.39 Å². The van der Waals surface area contributed by atoms with Gasteiger partial charge < -0.3 is 9.47 Å². The van der Waals surface area contributed by atoms with Crippen LogP contribution in [0.1, 0.15) is 56.7 Å². The number of benzene rings is 2. The average molecular weight is 544 g/mol. The monoisotopic (exact) mass is 544 g/mol. The molecule has 32 heavy (non-hydrogen) atoms. The van der Waals surface area contributed by atoms with Crippen LogP contribution in [-0.2, 0) is 13.0 Å². The molecule has 10 heteroatoms. The summed E-state index contributed by atoms with van der Waals surface area (Å²) in [7, 11) is 0. The summed E-state index contributed by atoms with van der Waals surface area (Å²) in [4.78, 5) is 26.8. The van der Waals surface area contributed by atoms with E-state index in [-0.39, 0.29) is 36.0 Å². The molecule has 2 unspecified atom stereocenters. The number of carbonyl (C=O) groups is 2. The lowest BCUT2D eigenvalue weighted by atomic mass is 9.93. The molecule has 0 radical (unpaired) electrons. The molecule has 0 N–H and O–H groups in total. The number of aromatic nitrogens is 3. The van der Waals surface area contributed by atoms with E-state index in [2.05, 4.69) is 43.0 Å². The van der Waals surface area contributed by atoms with E-state index in [1.54, 1.807) is 29.2 Å². The molecule has 0 aliphatic carbocycles. The lowest BCUT2D eigenvalue weighted by Gasteiger charge is -2.32. The summed E-state index contributed by atoms with van der Waals surface area (Å²) in [5, 5.41) is 16.1. The van der Waals surface area contributed by atoms with Crippen LogP contribution >= 0.6 is 22.6 Å². The highest BCUT2D eigenvalue weighted by Gasteiger charge is 2.31. The fourth-order valence-corrected chi connectivity index (χ4v) is 5.13. The van der Waals surface area contributed by atoms with Crippen LogP contribution in [0.5, 0.6) is 0 Å². The van der Waals surface area contributed by atoms with Gasteiger partial charge in [0.05, 0.1) is 18.2 Å². The zero-order valence-corrected chi connectivity index (χ0v) is 19.2. The molecule has 8 nitrogen and oxygen atoms in total. The fraction of sp³-hybridized carbons (Fsp3) is 0.273. The summed E-state index contributed by atoms with van der Waals surface area (Å²) < 4.78 is 17.4. The van der Waals surface area contributed by atoms with Gasteiger partial charge in [0.1, 0.15) is 11.9 Å². The molecule has 2 aliphatic rings. The Morgan fingerprint density at radius 2 is 2.03 bits per heavy atom. The van der Waals surface area contributed by atoms with E-state index >= 15 is 0 Å². The molecule has 0 spiro atoms.